The summed E-state index contributed by atoms with van der Waals surface area (Å²) in [7, 11) is 2.09. The zero-order valence-corrected chi connectivity index (χ0v) is 12.1. The van der Waals surface area contributed by atoms with Crippen molar-refractivity contribution in [2.24, 2.45) is 5.92 Å². The molecule has 104 valence electrons. The van der Waals surface area contributed by atoms with Crippen LogP contribution < -0.4 is 5.32 Å². The smallest absolute Gasteiger partial charge is 0.224 e. The molecule has 5 heteroatoms. The van der Waals surface area contributed by atoms with Crippen molar-refractivity contribution in [2.75, 3.05) is 31.6 Å². The Morgan fingerprint density at radius 2 is 2.39 bits per heavy atom. The number of hydrogen-bond donors (Lipinski definition) is 2. The molecular formula is C13H24N2O2S. The highest BCUT2D eigenvalue weighted by Crippen LogP contribution is 2.28. The normalized spacial score (nSPS) is 37.1. The molecule has 0 saturated carbocycles. The number of carbonyl (C=O) groups excluding carboxylic acids is 1. The molecule has 1 amide bonds. The zero-order chi connectivity index (χ0) is 13.2. The van der Waals surface area contributed by atoms with E-state index in [1.807, 2.05) is 0 Å². The van der Waals surface area contributed by atoms with Gasteiger partial charge in [0.05, 0.1) is 11.5 Å². The van der Waals surface area contributed by atoms with Gasteiger partial charge >= 0.3 is 0 Å². The standard InChI is InChI=1S/C13H24N2O2S/c1-3-11-10(4-6-15(11)2)12(16)14-8-13(17)5-7-18-9-13/h10-11,17H,3-9H2,1-2H3,(H,14,16)/t10-,11+,13?/m0/s1. The Morgan fingerprint density at radius 3 is 3.00 bits per heavy atom. The van der Waals surface area contributed by atoms with E-state index in [-0.39, 0.29) is 11.8 Å². The zero-order valence-electron chi connectivity index (χ0n) is 11.3. The molecule has 2 N–H and O–H groups in total. The van der Waals surface area contributed by atoms with Crippen molar-refractivity contribution >= 4 is 17.7 Å². The molecular weight excluding hydrogens is 248 g/mol. The van der Waals surface area contributed by atoms with Gasteiger partial charge in [0.15, 0.2) is 0 Å². The molecule has 2 saturated heterocycles. The molecule has 18 heavy (non-hydrogen) atoms. The van der Waals surface area contributed by atoms with E-state index >= 15 is 0 Å². The third-order valence-corrected chi connectivity index (χ3v) is 5.49. The first kappa shape index (κ1) is 14.2. The maximum Gasteiger partial charge on any atom is 0.224 e. The van der Waals surface area contributed by atoms with E-state index in [9.17, 15) is 9.90 Å². The fraction of sp³-hybridized carbons (Fsp3) is 0.923. The molecule has 2 aliphatic rings. The van der Waals surface area contributed by atoms with Crippen LogP contribution in [-0.2, 0) is 4.79 Å². The summed E-state index contributed by atoms with van der Waals surface area (Å²) in [6.45, 7) is 3.54. The second kappa shape index (κ2) is 5.80. The quantitative estimate of drug-likeness (QED) is 0.791. The van der Waals surface area contributed by atoms with Crippen molar-refractivity contribution in [3.05, 3.63) is 0 Å². The van der Waals surface area contributed by atoms with Crippen molar-refractivity contribution in [3.8, 4) is 0 Å². The van der Waals surface area contributed by atoms with Gasteiger partial charge in [0.1, 0.15) is 0 Å². The maximum absolute atomic E-state index is 12.2. The Balaban J connectivity index is 1.84. The molecule has 0 aromatic carbocycles. The Labute approximate surface area is 113 Å². The monoisotopic (exact) mass is 272 g/mol. The number of carbonyl (C=O) groups is 1. The molecule has 0 bridgehead atoms. The Morgan fingerprint density at radius 1 is 1.61 bits per heavy atom. The maximum atomic E-state index is 12.2. The Hall–Kier alpha value is -0.260. The fourth-order valence-electron chi connectivity index (χ4n) is 3.03. The predicted octanol–water partition coefficient (Wildman–Crippen LogP) is 0.701. The van der Waals surface area contributed by atoms with E-state index in [0.29, 0.717) is 12.6 Å². The van der Waals surface area contributed by atoms with Gasteiger partial charge in [0.2, 0.25) is 5.91 Å². The molecule has 2 rings (SSSR count). The SMILES string of the molecule is CC[C@@H]1[C@@H](C(=O)NCC2(O)CCSC2)CCN1C. The molecule has 0 aromatic rings. The highest BCUT2D eigenvalue weighted by atomic mass is 32.2. The summed E-state index contributed by atoms with van der Waals surface area (Å²) in [4.78, 5) is 14.5. The lowest BCUT2D eigenvalue weighted by Crippen LogP contribution is -2.46. The van der Waals surface area contributed by atoms with Crippen molar-refractivity contribution in [1.29, 1.82) is 0 Å². The highest BCUT2D eigenvalue weighted by molar-refractivity contribution is 7.99. The number of amides is 1. The molecule has 1 unspecified atom stereocenters. The minimum Gasteiger partial charge on any atom is -0.387 e. The summed E-state index contributed by atoms with van der Waals surface area (Å²) in [6, 6.07) is 0.359. The van der Waals surface area contributed by atoms with Crippen LogP contribution in [0.4, 0.5) is 0 Å². The van der Waals surface area contributed by atoms with E-state index in [1.54, 1.807) is 11.8 Å². The van der Waals surface area contributed by atoms with Crippen LogP contribution in [0.15, 0.2) is 0 Å². The molecule has 0 radical (unpaired) electrons. The second-order valence-electron chi connectivity index (χ2n) is 5.60. The van der Waals surface area contributed by atoms with Gasteiger partial charge in [-0.1, -0.05) is 6.92 Å². The summed E-state index contributed by atoms with van der Waals surface area (Å²) in [5.41, 5.74) is -0.674. The van der Waals surface area contributed by atoms with Gasteiger partial charge in [0, 0.05) is 18.3 Å². The number of aliphatic hydroxyl groups is 1. The van der Waals surface area contributed by atoms with Crippen LogP contribution in [0.1, 0.15) is 26.2 Å². The average Bonchev–Trinajstić information content (AvgIpc) is 2.93. The topological polar surface area (TPSA) is 52.6 Å². The summed E-state index contributed by atoms with van der Waals surface area (Å²) >= 11 is 1.76. The third kappa shape index (κ3) is 3.00. The minimum atomic E-state index is -0.674. The molecule has 4 nitrogen and oxygen atoms in total. The number of likely N-dealkylation sites (tertiary alicyclic amines) is 1. The van der Waals surface area contributed by atoms with E-state index in [0.717, 1.165) is 37.3 Å². The number of rotatable bonds is 4. The van der Waals surface area contributed by atoms with Crippen LogP contribution in [-0.4, -0.2) is 59.2 Å². The fourth-order valence-corrected chi connectivity index (χ4v) is 4.32. The minimum absolute atomic E-state index is 0.0951. The number of nitrogens with zero attached hydrogens (tertiary/aromatic N) is 1. The molecule has 2 heterocycles. The van der Waals surface area contributed by atoms with Crippen molar-refractivity contribution in [2.45, 2.75) is 37.8 Å². The predicted molar refractivity (Wildman–Crippen MR) is 74.7 cm³/mol. The molecule has 0 spiro atoms. The number of hydrogen-bond acceptors (Lipinski definition) is 4. The second-order valence-corrected chi connectivity index (χ2v) is 6.70. The average molecular weight is 272 g/mol. The third-order valence-electron chi connectivity index (χ3n) is 4.25. The number of thioether (sulfide) groups is 1. The van der Waals surface area contributed by atoms with Gasteiger partial charge in [-0.05, 0) is 38.6 Å². The van der Waals surface area contributed by atoms with Crippen LogP contribution in [0.2, 0.25) is 0 Å². The Kier molecular flexibility index (Phi) is 4.56. The van der Waals surface area contributed by atoms with Gasteiger partial charge in [-0.2, -0.15) is 11.8 Å². The first-order valence-corrected chi connectivity index (χ1v) is 7.99. The summed E-state index contributed by atoms with van der Waals surface area (Å²) < 4.78 is 0. The van der Waals surface area contributed by atoms with Gasteiger partial charge in [-0.25, -0.2) is 0 Å². The van der Waals surface area contributed by atoms with Crippen molar-refractivity contribution in [3.63, 3.8) is 0 Å². The van der Waals surface area contributed by atoms with Crippen molar-refractivity contribution in [1.82, 2.24) is 10.2 Å². The van der Waals surface area contributed by atoms with E-state index in [2.05, 4.69) is 24.2 Å². The van der Waals surface area contributed by atoms with Crippen LogP contribution in [0.3, 0.4) is 0 Å². The highest BCUT2D eigenvalue weighted by Gasteiger charge is 2.37. The van der Waals surface area contributed by atoms with Gasteiger partial charge in [-0.3, -0.25) is 4.79 Å². The van der Waals surface area contributed by atoms with E-state index < -0.39 is 5.60 Å². The lowest BCUT2D eigenvalue weighted by Gasteiger charge is -2.26. The van der Waals surface area contributed by atoms with Crippen LogP contribution >= 0.6 is 11.8 Å². The Bertz CT molecular complexity index is 305. The van der Waals surface area contributed by atoms with Crippen LogP contribution in [0.25, 0.3) is 0 Å². The molecule has 2 fully saturated rings. The van der Waals surface area contributed by atoms with Gasteiger partial charge in [0.25, 0.3) is 0 Å². The van der Waals surface area contributed by atoms with Crippen molar-refractivity contribution < 1.29 is 9.90 Å². The van der Waals surface area contributed by atoms with E-state index in [4.69, 9.17) is 0 Å². The first-order valence-electron chi connectivity index (χ1n) is 6.84. The summed E-state index contributed by atoms with van der Waals surface area (Å²) in [5, 5.41) is 13.2. The van der Waals surface area contributed by atoms with Crippen LogP contribution in [0, 0.1) is 5.92 Å². The number of nitrogens with one attached hydrogen (secondary N) is 1. The largest absolute Gasteiger partial charge is 0.387 e. The summed E-state index contributed by atoms with van der Waals surface area (Å²) in [6.07, 6.45) is 2.74. The van der Waals surface area contributed by atoms with Gasteiger partial charge in [-0.15, -0.1) is 0 Å². The van der Waals surface area contributed by atoms with Crippen LogP contribution in [0.5, 0.6) is 0 Å². The van der Waals surface area contributed by atoms with E-state index in [1.165, 1.54) is 0 Å². The molecule has 3 atom stereocenters. The molecule has 0 aliphatic carbocycles. The molecule has 2 aliphatic heterocycles. The van der Waals surface area contributed by atoms with Gasteiger partial charge < -0.3 is 15.3 Å². The molecule has 0 aromatic heterocycles. The first-order chi connectivity index (χ1) is 8.56. The summed E-state index contributed by atoms with van der Waals surface area (Å²) in [5.74, 6) is 1.96. The lowest BCUT2D eigenvalue weighted by molar-refractivity contribution is -0.126. The lowest BCUT2D eigenvalue weighted by atomic mass is 9.96.